The molecule has 1 aromatic rings. The third kappa shape index (κ3) is 3.39. The maximum absolute atomic E-state index is 5.96. The summed E-state index contributed by atoms with van der Waals surface area (Å²) in [5, 5.41) is 1.03. The van der Waals surface area contributed by atoms with Crippen LogP contribution >= 0.6 is 11.8 Å². The van der Waals surface area contributed by atoms with Gasteiger partial charge in [0, 0.05) is 18.7 Å². The molecule has 1 saturated carbocycles. The summed E-state index contributed by atoms with van der Waals surface area (Å²) in [6.45, 7) is 3.96. The third-order valence-corrected chi connectivity index (χ3v) is 4.69. The van der Waals surface area contributed by atoms with Crippen molar-refractivity contribution < 1.29 is 0 Å². The van der Waals surface area contributed by atoms with Gasteiger partial charge in [-0.05, 0) is 38.5 Å². The number of anilines is 1. The summed E-state index contributed by atoms with van der Waals surface area (Å²) in [4.78, 5) is 11.1. The molecule has 1 heterocycles. The molecule has 0 amide bonds. The summed E-state index contributed by atoms with van der Waals surface area (Å²) in [5.41, 5.74) is 5.96. The van der Waals surface area contributed by atoms with Gasteiger partial charge in [0.25, 0.3) is 0 Å². The van der Waals surface area contributed by atoms with Crippen molar-refractivity contribution in [2.75, 3.05) is 24.2 Å². The number of hydrogen-bond donors (Lipinski definition) is 1. The van der Waals surface area contributed by atoms with Crippen LogP contribution in [-0.4, -0.2) is 35.4 Å². The second-order valence-corrected chi connectivity index (χ2v) is 5.88. The average Bonchev–Trinajstić information content (AvgIpc) is 2.49. The molecule has 0 saturated heterocycles. The van der Waals surface area contributed by atoms with Gasteiger partial charge in [-0.25, -0.2) is 9.97 Å². The normalized spacial score (nSPS) is 23.3. The summed E-state index contributed by atoms with van der Waals surface area (Å²) >= 11 is 1.66. The van der Waals surface area contributed by atoms with Crippen LogP contribution in [0.3, 0.4) is 0 Å². The van der Waals surface area contributed by atoms with Gasteiger partial charge in [-0.2, -0.15) is 0 Å². The van der Waals surface area contributed by atoms with Crippen molar-refractivity contribution in [3.05, 3.63) is 12.4 Å². The molecule has 0 spiro atoms. The Kier molecular flexibility index (Phi) is 5.45. The smallest absolute Gasteiger partial charge is 0.133 e. The number of aromatic nitrogens is 2. The fraction of sp³-hybridized carbons (Fsp3) is 0.714. The van der Waals surface area contributed by atoms with E-state index in [2.05, 4.69) is 27.9 Å². The summed E-state index contributed by atoms with van der Waals surface area (Å²) in [5.74, 6) is 1.65. The maximum Gasteiger partial charge on any atom is 0.133 e. The average molecular weight is 280 g/mol. The number of nitrogens with two attached hydrogens (primary N) is 1. The predicted molar refractivity (Wildman–Crippen MR) is 81.6 cm³/mol. The molecular weight excluding hydrogens is 256 g/mol. The summed E-state index contributed by atoms with van der Waals surface area (Å²) < 4.78 is 0. The van der Waals surface area contributed by atoms with E-state index in [0.29, 0.717) is 12.0 Å². The summed E-state index contributed by atoms with van der Waals surface area (Å²) in [6.07, 6.45) is 8.82. The molecule has 0 aliphatic heterocycles. The van der Waals surface area contributed by atoms with Crippen LogP contribution in [0.15, 0.2) is 17.4 Å². The Morgan fingerprint density at radius 1 is 1.37 bits per heavy atom. The Bertz CT molecular complexity index is 399. The van der Waals surface area contributed by atoms with Gasteiger partial charge in [-0.1, -0.05) is 12.8 Å². The molecule has 1 aliphatic rings. The Labute approximate surface area is 120 Å². The third-order valence-electron chi connectivity index (χ3n) is 4.04. The predicted octanol–water partition coefficient (Wildman–Crippen LogP) is 2.54. The standard InChI is InChI=1S/C14H24N4S/c1-3-18(12-7-5-4-6-11(12)9-15)13-8-14(19-2)17-10-16-13/h8,10-12H,3-7,9,15H2,1-2H3. The first kappa shape index (κ1) is 14.6. The zero-order chi connectivity index (χ0) is 13.7. The van der Waals surface area contributed by atoms with Crippen molar-refractivity contribution in [1.29, 1.82) is 0 Å². The lowest BCUT2D eigenvalue weighted by molar-refractivity contribution is 0.299. The Hall–Kier alpha value is -0.810. The molecule has 0 bridgehead atoms. The molecule has 106 valence electrons. The first-order chi connectivity index (χ1) is 9.30. The van der Waals surface area contributed by atoms with E-state index in [1.165, 1.54) is 25.7 Å². The Morgan fingerprint density at radius 3 is 2.84 bits per heavy atom. The Morgan fingerprint density at radius 2 is 2.16 bits per heavy atom. The second kappa shape index (κ2) is 7.10. The highest BCUT2D eigenvalue weighted by Crippen LogP contribution is 2.31. The highest BCUT2D eigenvalue weighted by atomic mass is 32.2. The highest BCUT2D eigenvalue weighted by Gasteiger charge is 2.29. The van der Waals surface area contributed by atoms with Crippen molar-refractivity contribution in [1.82, 2.24) is 9.97 Å². The highest BCUT2D eigenvalue weighted by molar-refractivity contribution is 7.98. The lowest BCUT2D eigenvalue weighted by atomic mass is 9.83. The van der Waals surface area contributed by atoms with E-state index in [9.17, 15) is 0 Å². The minimum absolute atomic E-state index is 0.536. The van der Waals surface area contributed by atoms with E-state index < -0.39 is 0 Å². The van der Waals surface area contributed by atoms with Crippen LogP contribution in [0.5, 0.6) is 0 Å². The lowest BCUT2D eigenvalue weighted by Crippen LogP contribution is -2.45. The van der Waals surface area contributed by atoms with E-state index in [-0.39, 0.29) is 0 Å². The second-order valence-electron chi connectivity index (χ2n) is 5.05. The SMILES string of the molecule is CCN(c1cc(SC)ncn1)C1CCCCC1CN. The molecule has 0 aromatic carbocycles. The quantitative estimate of drug-likeness (QED) is 0.663. The molecule has 19 heavy (non-hydrogen) atoms. The monoisotopic (exact) mass is 280 g/mol. The number of hydrogen-bond acceptors (Lipinski definition) is 5. The summed E-state index contributed by atoms with van der Waals surface area (Å²) in [7, 11) is 0. The van der Waals surface area contributed by atoms with Gasteiger partial charge in [-0.15, -0.1) is 11.8 Å². The van der Waals surface area contributed by atoms with E-state index in [1.807, 2.05) is 6.26 Å². The zero-order valence-corrected chi connectivity index (χ0v) is 12.7. The Balaban J connectivity index is 2.21. The molecule has 2 unspecified atom stereocenters. The molecule has 1 aromatic heterocycles. The molecule has 4 nitrogen and oxygen atoms in total. The lowest BCUT2D eigenvalue weighted by Gasteiger charge is -2.40. The van der Waals surface area contributed by atoms with Crippen LogP contribution in [-0.2, 0) is 0 Å². The molecule has 0 radical (unpaired) electrons. The van der Waals surface area contributed by atoms with Crippen LogP contribution in [0.1, 0.15) is 32.6 Å². The first-order valence-electron chi connectivity index (χ1n) is 7.12. The van der Waals surface area contributed by atoms with Gasteiger partial charge in [0.05, 0.1) is 0 Å². The minimum Gasteiger partial charge on any atom is -0.353 e. The van der Waals surface area contributed by atoms with E-state index >= 15 is 0 Å². The van der Waals surface area contributed by atoms with Crippen molar-refractivity contribution >= 4 is 17.6 Å². The topological polar surface area (TPSA) is 55.0 Å². The van der Waals surface area contributed by atoms with E-state index in [0.717, 1.165) is 23.9 Å². The van der Waals surface area contributed by atoms with Crippen molar-refractivity contribution in [3.8, 4) is 0 Å². The largest absolute Gasteiger partial charge is 0.353 e. The van der Waals surface area contributed by atoms with Crippen molar-refractivity contribution in [2.45, 2.75) is 43.7 Å². The molecule has 2 atom stereocenters. The number of nitrogens with zero attached hydrogens (tertiary/aromatic N) is 3. The van der Waals surface area contributed by atoms with Crippen LogP contribution in [0.25, 0.3) is 0 Å². The van der Waals surface area contributed by atoms with Crippen LogP contribution in [0.4, 0.5) is 5.82 Å². The van der Waals surface area contributed by atoms with Gasteiger partial charge in [-0.3, -0.25) is 0 Å². The van der Waals surface area contributed by atoms with Crippen molar-refractivity contribution in [3.63, 3.8) is 0 Å². The van der Waals surface area contributed by atoms with Crippen molar-refractivity contribution in [2.24, 2.45) is 11.7 Å². The molecule has 2 rings (SSSR count). The molecule has 2 N–H and O–H groups in total. The molecular formula is C14H24N4S. The van der Waals surface area contributed by atoms with Gasteiger partial charge < -0.3 is 10.6 Å². The molecule has 5 heteroatoms. The van der Waals surface area contributed by atoms with Crippen LogP contribution in [0.2, 0.25) is 0 Å². The van der Waals surface area contributed by atoms with Gasteiger partial charge in [0.15, 0.2) is 0 Å². The van der Waals surface area contributed by atoms with E-state index in [4.69, 9.17) is 5.73 Å². The molecule has 1 aliphatic carbocycles. The fourth-order valence-electron chi connectivity index (χ4n) is 3.04. The van der Waals surface area contributed by atoms with Crippen LogP contribution < -0.4 is 10.6 Å². The fourth-order valence-corrected chi connectivity index (χ4v) is 3.41. The maximum atomic E-state index is 5.96. The van der Waals surface area contributed by atoms with Gasteiger partial charge in [0.1, 0.15) is 17.2 Å². The summed E-state index contributed by atoms with van der Waals surface area (Å²) in [6, 6.07) is 2.63. The number of rotatable bonds is 5. The van der Waals surface area contributed by atoms with Gasteiger partial charge in [0.2, 0.25) is 0 Å². The number of thioether (sulfide) groups is 1. The van der Waals surface area contributed by atoms with E-state index in [1.54, 1.807) is 18.1 Å². The first-order valence-corrected chi connectivity index (χ1v) is 8.35. The van der Waals surface area contributed by atoms with Crippen LogP contribution in [0, 0.1) is 5.92 Å². The minimum atomic E-state index is 0.536. The zero-order valence-electron chi connectivity index (χ0n) is 11.9. The van der Waals surface area contributed by atoms with Gasteiger partial charge >= 0.3 is 0 Å². The molecule has 1 fully saturated rings.